The largest absolute Gasteiger partial charge is 0.379 e. The highest BCUT2D eigenvalue weighted by Crippen LogP contribution is 2.25. The highest BCUT2D eigenvalue weighted by Gasteiger charge is 2.32. The van der Waals surface area contributed by atoms with Crippen molar-refractivity contribution in [2.75, 3.05) is 38.7 Å². The van der Waals surface area contributed by atoms with Gasteiger partial charge in [0.2, 0.25) is 5.12 Å². The van der Waals surface area contributed by atoms with Crippen molar-refractivity contribution < 1.29 is 28.5 Å². The quantitative estimate of drug-likeness (QED) is 0.152. The van der Waals surface area contributed by atoms with Crippen molar-refractivity contribution in [2.45, 2.75) is 125 Å². The second kappa shape index (κ2) is 17.2. The van der Waals surface area contributed by atoms with Gasteiger partial charge in [0, 0.05) is 18.9 Å². The number of thiocarbonyl (C=S) groups is 1. The van der Waals surface area contributed by atoms with Gasteiger partial charge in [0.1, 0.15) is 11.6 Å². The smallest absolute Gasteiger partial charge is 0.211 e. The van der Waals surface area contributed by atoms with E-state index in [0.29, 0.717) is 50.3 Å². The van der Waals surface area contributed by atoms with Crippen LogP contribution in [0.1, 0.15) is 95.9 Å². The molecule has 0 heterocycles. The number of carbonyl (C=O) groups excluding carboxylic acids is 2. The normalized spacial score (nSPS) is 13.9. The van der Waals surface area contributed by atoms with Crippen LogP contribution in [0.5, 0.6) is 0 Å². The van der Waals surface area contributed by atoms with E-state index < -0.39 is 17.2 Å². The van der Waals surface area contributed by atoms with Crippen molar-refractivity contribution in [1.29, 1.82) is 0 Å². The minimum absolute atomic E-state index is 0.00258. The third kappa shape index (κ3) is 18.3. The molecule has 0 rings (SSSR count). The molecule has 1 atom stereocenters. The van der Waals surface area contributed by atoms with Crippen LogP contribution in [0.15, 0.2) is 0 Å². The lowest BCUT2D eigenvalue weighted by atomic mass is 9.87. The van der Waals surface area contributed by atoms with E-state index in [-0.39, 0.29) is 28.0 Å². The molecule has 0 radical (unpaired) electrons. The Morgan fingerprint density at radius 1 is 0.821 bits per heavy atom. The molecular formula is C29H56N2O6S2. The molecule has 2 N–H and O–H groups in total. The van der Waals surface area contributed by atoms with Crippen LogP contribution in [0.25, 0.3) is 0 Å². The fraction of sp³-hybridized carbons (Fsp3) is 0.897. The summed E-state index contributed by atoms with van der Waals surface area (Å²) in [6.07, 6.45) is 1.65. The molecule has 0 saturated carbocycles. The molecule has 0 saturated heterocycles. The highest BCUT2D eigenvalue weighted by molar-refractivity contribution is 8.13. The number of carbonyl (C=O) groups is 2. The number of nitrogens with one attached hydrogen (secondary N) is 2. The lowest BCUT2D eigenvalue weighted by Crippen LogP contribution is -2.52. The SMILES string of the molecule is CC(=O)C(C)(C)OCCC(C)(C)OCCNC(=S)NC(C(=O)SCCOC(C)(C)CCOC(C)C)C(C)(C)C. The maximum Gasteiger partial charge on any atom is 0.211 e. The van der Waals surface area contributed by atoms with Crippen molar-refractivity contribution in [3.8, 4) is 0 Å². The third-order valence-electron chi connectivity index (χ3n) is 6.25. The second-order valence-corrected chi connectivity index (χ2v) is 14.4. The minimum Gasteiger partial charge on any atom is -0.379 e. The number of thioether (sulfide) groups is 1. The molecule has 10 heteroatoms. The number of ether oxygens (including phenoxy) is 4. The summed E-state index contributed by atoms with van der Waals surface area (Å²) in [6.45, 7) is 25.7. The predicted octanol–water partition coefficient (Wildman–Crippen LogP) is 5.30. The van der Waals surface area contributed by atoms with Crippen LogP contribution in [0.2, 0.25) is 0 Å². The first kappa shape index (κ1) is 38.2. The number of rotatable bonds is 19. The molecule has 0 aromatic heterocycles. The average Bonchev–Trinajstić information content (AvgIpc) is 2.76. The Balaban J connectivity index is 4.51. The molecule has 0 aliphatic rings. The van der Waals surface area contributed by atoms with E-state index in [1.54, 1.807) is 13.8 Å². The van der Waals surface area contributed by atoms with Gasteiger partial charge in [-0.25, -0.2) is 0 Å². The zero-order valence-electron chi connectivity index (χ0n) is 26.6. The molecule has 8 nitrogen and oxygen atoms in total. The van der Waals surface area contributed by atoms with Crippen LogP contribution < -0.4 is 10.6 Å². The van der Waals surface area contributed by atoms with E-state index in [4.69, 9.17) is 31.2 Å². The van der Waals surface area contributed by atoms with Crippen LogP contribution in [-0.4, -0.2) is 83.7 Å². The van der Waals surface area contributed by atoms with Gasteiger partial charge in [0.15, 0.2) is 10.9 Å². The predicted molar refractivity (Wildman–Crippen MR) is 166 cm³/mol. The van der Waals surface area contributed by atoms with Crippen LogP contribution in [0.3, 0.4) is 0 Å². The first-order valence-electron chi connectivity index (χ1n) is 13.9. The summed E-state index contributed by atoms with van der Waals surface area (Å²) in [7, 11) is 0. The Labute approximate surface area is 247 Å². The van der Waals surface area contributed by atoms with E-state index in [0.717, 1.165) is 6.42 Å². The summed E-state index contributed by atoms with van der Waals surface area (Å²) >= 11 is 6.74. The molecular weight excluding hydrogens is 536 g/mol. The van der Waals surface area contributed by atoms with Crippen LogP contribution >= 0.6 is 24.0 Å². The van der Waals surface area contributed by atoms with E-state index in [9.17, 15) is 9.59 Å². The summed E-state index contributed by atoms with van der Waals surface area (Å²) in [5.74, 6) is 0.565. The molecule has 0 aromatic carbocycles. The number of hydrogen-bond acceptors (Lipinski definition) is 8. The van der Waals surface area contributed by atoms with Crippen LogP contribution in [0.4, 0.5) is 0 Å². The van der Waals surface area contributed by atoms with Gasteiger partial charge >= 0.3 is 0 Å². The Kier molecular flexibility index (Phi) is 16.9. The van der Waals surface area contributed by atoms with Crippen LogP contribution in [-0.2, 0) is 28.5 Å². The lowest BCUT2D eigenvalue weighted by molar-refractivity contribution is -0.140. The average molecular weight is 593 g/mol. The third-order valence-corrected chi connectivity index (χ3v) is 7.40. The van der Waals surface area contributed by atoms with Gasteiger partial charge in [-0.05, 0) is 92.8 Å². The molecule has 0 aliphatic heterocycles. The van der Waals surface area contributed by atoms with Gasteiger partial charge in [-0.1, -0.05) is 32.5 Å². The molecule has 1 unspecified atom stereocenters. The lowest BCUT2D eigenvalue weighted by Gasteiger charge is -2.31. The van der Waals surface area contributed by atoms with Crippen molar-refractivity contribution in [3.05, 3.63) is 0 Å². The van der Waals surface area contributed by atoms with Gasteiger partial charge in [-0.15, -0.1) is 0 Å². The molecule has 39 heavy (non-hydrogen) atoms. The second-order valence-electron chi connectivity index (χ2n) is 12.9. The summed E-state index contributed by atoms with van der Waals surface area (Å²) in [6, 6.07) is -0.450. The van der Waals surface area contributed by atoms with Gasteiger partial charge in [0.25, 0.3) is 0 Å². The Bertz CT molecular complexity index is 763. The molecule has 0 aliphatic carbocycles. The molecule has 0 aromatic rings. The Morgan fingerprint density at radius 2 is 1.36 bits per heavy atom. The summed E-state index contributed by atoms with van der Waals surface area (Å²) in [4.78, 5) is 24.7. The molecule has 0 fully saturated rings. The standard InChI is InChI=1S/C29H56N2O6S2/c1-21(2)34-16-13-27(7,8)36-19-20-39-24(33)23(26(4,5)6)31-25(38)30-15-18-35-28(9,10)14-17-37-29(11,12)22(3)32/h21,23H,13-20H2,1-12H3,(H2,30,31,38). The van der Waals surface area contributed by atoms with Crippen molar-refractivity contribution >= 4 is 40.0 Å². The molecule has 0 spiro atoms. The van der Waals surface area contributed by atoms with Gasteiger partial charge in [-0.2, -0.15) is 0 Å². The zero-order valence-corrected chi connectivity index (χ0v) is 28.2. The maximum absolute atomic E-state index is 13.1. The monoisotopic (exact) mass is 592 g/mol. The zero-order chi connectivity index (χ0) is 30.5. The fourth-order valence-electron chi connectivity index (χ4n) is 3.18. The molecule has 0 amide bonds. The van der Waals surface area contributed by atoms with Gasteiger partial charge < -0.3 is 29.6 Å². The first-order chi connectivity index (χ1) is 17.7. The van der Waals surface area contributed by atoms with Crippen molar-refractivity contribution in [3.63, 3.8) is 0 Å². The summed E-state index contributed by atoms with van der Waals surface area (Å²) in [5, 5.41) is 6.79. The van der Waals surface area contributed by atoms with Crippen LogP contribution in [0, 0.1) is 5.41 Å². The minimum atomic E-state index is -0.791. The first-order valence-corrected chi connectivity index (χ1v) is 15.3. The molecule has 0 bridgehead atoms. The van der Waals surface area contributed by atoms with E-state index in [2.05, 4.69) is 10.6 Å². The Hall–Kier alpha value is -0.780. The fourth-order valence-corrected chi connectivity index (χ4v) is 4.35. The topological polar surface area (TPSA) is 95.1 Å². The number of hydrogen-bond donors (Lipinski definition) is 2. The summed E-state index contributed by atoms with van der Waals surface area (Å²) in [5.41, 5.74) is -1.83. The van der Waals surface area contributed by atoms with E-state index in [1.807, 2.05) is 62.3 Å². The molecule has 230 valence electrons. The highest BCUT2D eigenvalue weighted by atomic mass is 32.2. The number of Topliss-reactive ketones (excluding diaryl/α,β-unsaturated/α-hetero) is 1. The summed E-state index contributed by atoms with van der Waals surface area (Å²) < 4.78 is 23.3. The van der Waals surface area contributed by atoms with Gasteiger partial charge in [0.05, 0.1) is 37.1 Å². The Morgan fingerprint density at radius 3 is 1.87 bits per heavy atom. The number of ketones is 1. The van der Waals surface area contributed by atoms with Crippen molar-refractivity contribution in [1.82, 2.24) is 10.6 Å². The van der Waals surface area contributed by atoms with E-state index >= 15 is 0 Å². The maximum atomic E-state index is 13.1. The van der Waals surface area contributed by atoms with Gasteiger partial charge in [-0.3, -0.25) is 9.59 Å². The van der Waals surface area contributed by atoms with Crippen molar-refractivity contribution in [2.24, 2.45) is 5.41 Å². The van der Waals surface area contributed by atoms with E-state index in [1.165, 1.54) is 18.7 Å².